The number of alkyl carbamates (subject to hydrolysis) is 1. The number of carbonyl (C=O) groups is 1. The highest BCUT2D eigenvalue weighted by atomic mass is 16.5. The Morgan fingerprint density at radius 3 is 2.62 bits per heavy atom. The number of hydrogen-bond donors (Lipinski definition) is 3. The van der Waals surface area contributed by atoms with Gasteiger partial charge in [0.05, 0.1) is 17.7 Å². The van der Waals surface area contributed by atoms with Crippen molar-refractivity contribution in [2.24, 2.45) is 0 Å². The van der Waals surface area contributed by atoms with Crippen LogP contribution in [0, 0.1) is 18.3 Å². The third kappa shape index (κ3) is 5.59. The first-order valence-corrected chi connectivity index (χ1v) is 8.32. The number of benzene rings is 2. The van der Waals surface area contributed by atoms with Crippen molar-refractivity contribution in [3.63, 3.8) is 0 Å². The molecule has 0 aliphatic rings. The summed E-state index contributed by atoms with van der Waals surface area (Å²) in [6.07, 6.45) is -2.55. The van der Waals surface area contributed by atoms with Gasteiger partial charge in [0.1, 0.15) is 12.7 Å². The Balaban J connectivity index is 1.75. The smallest absolute Gasteiger partial charge is 0.407 e. The molecule has 0 radical (unpaired) electrons. The first kappa shape index (κ1) is 19.4. The highest BCUT2D eigenvalue weighted by Crippen LogP contribution is 2.21. The number of rotatable bonds is 7. The van der Waals surface area contributed by atoms with E-state index in [2.05, 4.69) is 11.4 Å². The van der Waals surface area contributed by atoms with Crippen LogP contribution in [0.25, 0.3) is 0 Å². The van der Waals surface area contributed by atoms with Crippen molar-refractivity contribution < 1.29 is 19.7 Å². The minimum absolute atomic E-state index is 0.167. The molecular formula is C20H22N2O4. The second kappa shape index (κ2) is 9.56. The fraction of sp³-hybridized carbons (Fsp3) is 0.300. The van der Waals surface area contributed by atoms with Crippen molar-refractivity contribution in [3.8, 4) is 6.07 Å². The van der Waals surface area contributed by atoms with Gasteiger partial charge in [0.2, 0.25) is 0 Å². The average molecular weight is 354 g/mol. The molecule has 2 atom stereocenters. The maximum atomic E-state index is 11.6. The zero-order chi connectivity index (χ0) is 18.9. The van der Waals surface area contributed by atoms with E-state index in [0.29, 0.717) is 11.1 Å². The summed E-state index contributed by atoms with van der Waals surface area (Å²) < 4.78 is 5.07. The number of aliphatic hydroxyl groups excluding tert-OH is 2. The fourth-order valence-corrected chi connectivity index (χ4v) is 2.47. The van der Waals surface area contributed by atoms with Gasteiger partial charge < -0.3 is 20.3 Å². The molecule has 0 saturated heterocycles. The molecule has 0 saturated carbocycles. The summed E-state index contributed by atoms with van der Waals surface area (Å²) in [5, 5.41) is 31.8. The normalized spacial score (nSPS) is 12.7. The number of ether oxygens (including phenoxy) is 1. The molecule has 0 aliphatic carbocycles. The van der Waals surface area contributed by atoms with Gasteiger partial charge in [0.15, 0.2) is 0 Å². The highest BCUT2D eigenvalue weighted by Gasteiger charge is 2.19. The van der Waals surface area contributed by atoms with Crippen LogP contribution in [0.15, 0.2) is 48.5 Å². The summed E-state index contributed by atoms with van der Waals surface area (Å²) in [5.74, 6) is 0. The van der Waals surface area contributed by atoms with Crippen LogP contribution in [0.2, 0.25) is 0 Å². The zero-order valence-corrected chi connectivity index (χ0v) is 14.6. The summed E-state index contributed by atoms with van der Waals surface area (Å²) in [6.45, 7) is 2.11. The van der Waals surface area contributed by atoms with Crippen LogP contribution in [0.4, 0.5) is 4.79 Å². The molecule has 0 fully saturated rings. The summed E-state index contributed by atoms with van der Waals surface area (Å²) in [7, 11) is 0. The summed E-state index contributed by atoms with van der Waals surface area (Å²) in [5.41, 5.74) is 2.67. The quantitative estimate of drug-likeness (QED) is 0.709. The van der Waals surface area contributed by atoms with Gasteiger partial charge in [-0.3, -0.25) is 0 Å². The van der Waals surface area contributed by atoms with Gasteiger partial charge in [-0.25, -0.2) is 4.79 Å². The third-order valence-corrected chi connectivity index (χ3v) is 4.00. The Kier molecular flexibility index (Phi) is 7.15. The van der Waals surface area contributed by atoms with E-state index in [1.165, 1.54) is 0 Å². The summed E-state index contributed by atoms with van der Waals surface area (Å²) in [4.78, 5) is 11.6. The average Bonchev–Trinajstić information content (AvgIpc) is 2.66. The lowest BCUT2D eigenvalue weighted by Crippen LogP contribution is -2.29. The molecule has 2 unspecified atom stereocenters. The molecule has 2 aromatic rings. The third-order valence-electron chi connectivity index (χ3n) is 4.00. The first-order valence-electron chi connectivity index (χ1n) is 8.32. The Morgan fingerprint density at radius 1 is 1.23 bits per heavy atom. The van der Waals surface area contributed by atoms with Crippen molar-refractivity contribution in [2.45, 2.75) is 32.2 Å². The van der Waals surface area contributed by atoms with E-state index in [-0.39, 0.29) is 19.6 Å². The number of aryl methyl sites for hydroxylation is 1. The number of nitriles is 1. The van der Waals surface area contributed by atoms with Crippen molar-refractivity contribution >= 4 is 6.09 Å². The monoisotopic (exact) mass is 354 g/mol. The van der Waals surface area contributed by atoms with Crippen LogP contribution in [0.5, 0.6) is 0 Å². The van der Waals surface area contributed by atoms with Crippen LogP contribution in [-0.4, -0.2) is 29.0 Å². The number of carbonyl (C=O) groups excluding carboxylic acids is 1. The maximum Gasteiger partial charge on any atom is 0.407 e. The predicted octanol–water partition coefficient (Wildman–Crippen LogP) is 2.58. The van der Waals surface area contributed by atoms with Crippen molar-refractivity contribution in [1.29, 1.82) is 5.26 Å². The van der Waals surface area contributed by atoms with Crippen LogP contribution >= 0.6 is 0 Å². The van der Waals surface area contributed by atoms with Crippen LogP contribution in [0.3, 0.4) is 0 Å². The van der Waals surface area contributed by atoms with Gasteiger partial charge in [-0.05, 0) is 36.1 Å². The second-order valence-corrected chi connectivity index (χ2v) is 5.98. The van der Waals surface area contributed by atoms with Gasteiger partial charge in [-0.15, -0.1) is 0 Å². The fourth-order valence-electron chi connectivity index (χ4n) is 2.47. The summed E-state index contributed by atoms with van der Waals surface area (Å²) in [6, 6.07) is 16.3. The number of hydrogen-bond acceptors (Lipinski definition) is 5. The Morgan fingerprint density at radius 2 is 1.96 bits per heavy atom. The molecule has 0 bridgehead atoms. The van der Waals surface area contributed by atoms with Crippen LogP contribution in [-0.2, 0) is 11.3 Å². The van der Waals surface area contributed by atoms with Gasteiger partial charge >= 0.3 is 6.09 Å². The lowest BCUT2D eigenvalue weighted by molar-refractivity contribution is 0.0136. The van der Waals surface area contributed by atoms with Crippen molar-refractivity contribution in [2.75, 3.05) is 6.54 Å². The van der Waals surface area contributed by atoms with Gasteiger partial charge in [0, 0.05) is 6.54 Å². The standard InChI is InChI=1S/C20H22N2O4/c1-14-11-16(7-8-17(14)12-21)19(24)18(23)9-10-22-20(25)26-13-15-5-3-2-4-6-15/h2-8,11,18-19,23-24H,9-10,13H2,1H3,(H,22,25). The molecule has 6 nitrogen and oxygen atoms in total. The van der Waals surface area contributed by atoms with E-state index in [1.54, 1.807) is 25.1 Å². The minimum atomic E-state index is -1.09. The van der Waals surface area contributed by atoms with E-state index in [4.69, 9.17) is 10.00 Å². The molecule has 26 heavy (non-hydrogen) atoms. The molecule has 3 N–H and O–H groups in total. The molecule has 0 spiro atoms. The highest BCUT2D eigenvalue weighted by molar-refractivity contribution is 5.67. The summed E-state index contributed by atoms with van der Waals surface area (Å²) >= 11 is 0. The van der Waals surface area contributed by atoms with Crippen molar-refractivity contribution in [3.05, 3.63) is 70.8 Å². The van der Waals surface area contributed by atoms with Gasteiger partial charge in [-0.2, -0.15) is 5.26 Å². The maximum absolute atomic E-state index is 11.6. The Bertz CT molecular complexity index is 771. The van der Waals surface area contributed by atoms with E-state index < -0.39 is 18.3 Å². The van der Waals surface area contributed by atoms with E-state index in [9.17, 15) is 15.0 Å². The number of amides is 1. The number of aliphatic hydroxyl groups is 2. The number of nitrogens with zero attached hydrogens (tertiary/aromatic N) is 1. The van der Waals surface area contributed by atoms with Gasteiger partial charge in [-0.1, -0.05) is 42.5 Å². The Labute approximate surface area is 152 Å². The van der Waals surface area contributed by atoms with Gasteiger partial charge in [0.25, 0.3) is 0 Å². The SMILES string of the molecule is Cc1cc(C(O)C(O)CCNC(=O)OCc2ccccc2)ccc1C#N. The molecule has 0 heterocycles. The lowest BCUT2D eigenvalue weighted by atomic mass is 9.98. The molecule has 1 amide bonds. The zero-order valence-electron chi connectivity index (χ0n) is 14.6. The van der Waals surface area contributed by atoms with Crippen molar-refractivity contribution in [1.82, 2.24) is 5.32 Å². The minimum Gasteiger partial charge on any atom is -0.445 e. The lowest BCUT2D eigenvalue weighted by Gasteiger charge is -2.19. The van der Waals surface area contributed by atoms with Crippen LogP contribution in [0.1, 0.15) is 34.8 Å². The molecule has 6 heteroatoms. The largest absolute Gasteiger partial charge is 0.445 e. The molecule has 136 valence electrons. The molecular weight excluding hydrogens is 332 g/mol. The molecule has 2 rings (SSSR count). The molecule has 0 aliphatic heterocycles. The second-order valence-electron chi connectivity index (χ2n) is 5.98. The van der Waals surface area contributed by atoms with E-state index in [0.717, 1.165) is 11.1 Å². The van der Waals surface area contributed by atoms with Crippen LogP contribution < -0.4 is 5.32 Å². The first-order chi connectivity index (χ1) is 12.5. The topological polar surface area (TPSA) is 103 Å². The Hall–Kier alpha value is -2.88. The van der Waals surface area contributed by atoms with E-state index >= 15 is 0 Å². The van der Waals surface area contributed by atoms with E-state index in [1.807, 2.05) is 30.3 Å². The molecule has 2 aromatic carbocycles. The predicted molar refractivity (Wildman–Crippen MR) is 96.1 cm³/mol. The number of nitrogens with one attached hydrogen (secondary N) is 1. The molecule has 0 aromatic heterocycles.